The van der Waals surface area contributed by atoms with Crippen LogP contribution in [0, 0.1) is 12.8 Å². The molecule has 2 rings (SSSR count). The Hall–Kier alpha value is -1.95. The molecule has 6 heteroatoms. The number of anilines is 1. The molecule has 1 aromatic carbocycles. The zero-order valence-corrected chi connectivity index (χ0v) is 13.1. The van der Waals surface area contributed by atoms with E-state index in [1.54, 1.807) is 0 Å². The number of aryl methyl sites for hydroxylation is 1. The van der Waals surface area contributed by atoms with Crippen molar-refractivity contribution in [2.24, 2.45) is 5.92 Å². The van der Waals surface area contributed by atoms with Gasteiger partial charge >= 0.3 is 0 Å². The zero-order chi connectivity index (χ0) is 15.4. The first-order valence-electron chi connectivity index (χ1n) is 7.27. The predicted molar refractivity (Wildman–Crippen MR) is 82.8 cm³/mol. The van der Waals surface area contributed by atoms with Crippen molar-refractivity contribution in [2.75, 3.05) is 18.9 Å². The van der Waals surface area contributed by atoms with E-state index in [9.17, 15) is 0 Å². The van der Waals surface area contributed by atoms with Gasteiger partial charge in [0.15, 0.2) is 5.82 Å². The standard InChI is InChI=1S/C15H23N5O/c1-5-21-9-13(10(2)3)20-15(17-18-19-20)12-8-6-7-11(4)14(12)16/h6-8,10,13H,5,9,16H2,1-4H3. The van der Waals surface area contributed by atoms with Crippen molar-refractivity contribution in [2.45, 2.75) is 33.7 Å². The van der Waals surface area contributed by atoms with Crippen molar-refractivity contribution >= 4 is 5.69 Å². The van der Waals surface area contributed by atoms with Gasteiger partial charge in [0.05, 0.1) is 12.6 Å². The van der Waals surface area contributed by atoms with Crippen molar-refractivity contribution in [3.05, 3.63) is 23.8 Å². The summed E-state index contributed by atoms with van der Waals surface area (Å²) in [6, 6.07) is 5.97. The normalized spacial score (nSPS) is 12.8. The number of rotatable bonds is 6. The summed E-state index contributed by atoms with van der Waals surface area (Å²) < 4.78 is 7.40. The number of nitrogens with two attached hydrogens (primary N) is 1. The van der Waals surface area contributed by atoms with Crippen molar-refractivity contribution in [3.63, 3.8) is 0 Å². The summed E-state index contributed by atoms with van der Waals surface area (Å²) in [4.78, 5) is 0. The molecule has 1 atom stereocenters. The third kappa shape index (κ3) is 3.21. The summed E-state index contributed by atoms with van der Waals surface area (Å²) in [7, 11) is 0. The Balaban J connectivity index is 2.43. The van der Waals surface area contributed by atoms with E-state index in [1.165, 1.54) is 0 Å². The molecule has 0 radical (unpaired) electrons. The Morgan fingerprint density at radius 3 is 2.76 bits per heavy atom. The third-order valence-corrected chi connectivity index (χ3v) is 3.63. The van der Waals surface area contributed by atoms with Crippen LogP contribution < -0.4 is 5.73 Å². The molecular weight excluding hydrogens is 266 g/mol. The lowest BCUT2D eigenvalue weighted by Gasteiger charge is -2.22. The molecular formula is C15H23N5O. The molecule has 0 amide bonds. The van der Waals surface area contributed by atoms with Gasteiger partial charge < -0.3 is 10.5 Å². The Morgan fingerprint density at radius 2 is 2.10 bits per heavy atom. The average molecular weight is 289 g/mol. The number of tetrazole rings is 1. The van der Waals surface area contributed by atoms with Gasteiger partial charge in [0.2, 0.25) is 0 Å². The number of nitrogen functional groups attached to an aromatic ring is 1. The van der Waals surface area contributed by atoms with Gasteiger partial charge in [-0.05, 0) is 41.8 Å². The maximum absolute atomic E-state index is 6.18. The van der Waals surface area contributed by atoms with Gasteiger partial charge in [0.1, 0.15) is 0 Å². The number of para-hydroxylation sites is 1. The van der Waals surface area contributed by atoms with E-state index in [4.69, 9.17) is 10.5 Å². The Kier molecular flexibility index (Phi) is 4.90. The highest BCUT2D eigenvalue weighted by Crippen LogP contribution is 2.29. The van der Waals surface area contributed by atoms with Crippen LogP contribution in [0.2, 0.25) is 0 Å². The summed E-state index contributed by atoms with van der Waals surface area (Å²) in [5.74, 6) is 1.04. The van der Waals surface area contributed by atoms with E-state index in [0.717, 1.165) is 11.1 Å². The fraction of sp³-hybridized carbons (Fsp3) is 0.533. The maximum atomic E-state index is 6.18. The summed E-state index contributed by atoms with van der Waals surface area (Å²) in [5.41, 5.74) is 8.78. The van der Waals surface area contributed by atoms with E-state index in [2.05, 4.69) is 29.4 Å². The van der Waals surface area contributed by atoms with Crippen molar-refractivity contribution < 1.29 is 4.74 Å². The Labute approximate surface area is 125 Å². The molecule has 0 aliphatic heterocycles. The van der Waals surface area contributed by atoms with E-state index < -0.39 is 0 Å². The summed E-state index contributed by atoms with van der Waals surface area (Å²) in [6.45, 7) is 9.48. The molecule has 2 N–H and O–H groups in total. The predicted octanol–water partition coefficient (Wildman–Crippen LogP) is 2.46. The third-order valence-electron chi connectivity index (χ3n) is 3.63. The minimum atomic E-state index is 0.0786. The fourth-order valence-corrected chi connectivity index (χ4v) is 2.25. The van der Waals surface area contributed by atoms with Crippen LogP contribution in [0.15, 0.2) is 18.2 Å². The molecule has 114 valence electrons. The lowest BCUT2D eigenvalue weighted by atomic mass is 10.0. The monoisotopic (exact) mass is 289 g/mol. The van der Waals surface area contributed by atoms with Gasteiger partial charge in [0, 0.05) is 17.9 Å². The largest absolute Gasteiger partial charge is 0.398 e. The lowest BCUT2D eigenvalue weighted by molar-refractivity contribution is 0.0913. The lowest BCUT2D eigenvalue weighted by Crippen LogP contribution is -2.23. The number of hydrogen-bond donors (Lipinski definition) is 1. The van der Waals surface area contributed by atoms with Crippen LogP contribution in [0.4, 0.5) is 5.69 Å². The summed E-state index contributed by atoms with van der Waals surface area (Å²) >= 11 is 0. The number of benzene rings is 1. The topological polar surface area (TPSA) is 78.8 Å². The first-order valence-corrected chi connectivity index (χ1v) is 7.27. The minimum Gasteiger partial charge on any atom is -0.398 e. The molecule has 2 aromatic rings. The second-order valence-corrected chi connectivity index (χ2v) is 5.45. The smallest absolute Gasteiger partial charge is 0.184 e. The van der Waals surface area contributed by atoms with Gasteiger partial charge in [-0.3, -0.25) is 0 Å². The maximum Gasteiger partial charge on any atom is 0.184 e. The van der Waals surface area contributed by atoms with Crippen LogP contribution in [-0.2, 0) is 4.74 Å². The van der Waals surface area contributed by atoms with Gasteiger partial charge in [0.25, 0.3) is 0 Å². The Morgan fingerprint density at radius 1 is 1.33 bits per heavy atom. The highest BCUT2D eigenvalue weighted by Gasteiger charge is 2.23. The molecule has 0 spiro atoms. The molecule has 1 aromatic heterocycles. The zero-order valence-electron chi connectivity index (χ0n) is 13.1. The number of ether oxygens (including phenoxy) is 1. The van der Waals surface area contributed by atoms with E-state index in [-0.39, 0.29) is 6.04 Å². The van der Waals surface area contributed by atoms with E-state index in [1.807, 2.05) is 36.7 Å². The van der Waals surface area contributed by atoms with Crippen LogP contribution >= 0.6 is 0 Å². The SMILES string of the molecule is CCOCC(C(C)C)n1nnnc1-c1cccc(C)c1N. The molecule has 0 aliphatic carbocycles. The van der Waals surface area contributed by atoms with Gasteiger partial charge in [-0.1, -0.05) is 26.0 Å². The first-order chi connectivity index (χ1) is 10.1. The molecule has 21 heavy (non-hydrogen) atoms. The van der Waals surface area contributed by atoms with Crippen LogP contribution in [0.3, 0.4) is 0 Å². The van der Waals surface area contributed by atoms with Gasteiger partial charge in [-0.2, -0.15) is 0 Å². The van der Waals surface area contributed by atoms with E-state index in [0.29, 0.717) is 30.6 Å². The highest BCUT2D eigenvalue weighted by atomic mass is 16.5. The van der Waals surface area contributed by atoms with Crippen molar-refractivity contribution in [1.82, 2.24) is 20.2 Å². The van der Waals surface area contributed by atoms with E-state index >= 15 is 0 Å². The molecule has 6 nitrogen and oxygen atoms in total. The quantitative estimate of drug-likeness (QED) is 0.826. The van der Waals surface area contributed by atoms with Gasteiger partial charge in [-0.25, -0.2) is 4.68 Å². The fourth-order valence-electron chi connectivity index (χ4n) is 2.25. The van der Waals surface area contributed by atoms with Crippen molar-refractivity contribution in [1.29, 1.82) is 0 Å². The van der Waals surface area contributed by atoms with Crippen LogP contribution in [-0.4, -0.2) is 33.4 Å². The molecule has 1 heterocycles. The molecule has 1 unspecified atom stereocenters. The van der Waals surface area contributed by atoms with Crippen LogP contribution in [0.5, 0.6) is 0 Å². The highest BCUT2D eigenvalue weighted by molar-refractivity contribution is 5.74. The first kappa shape index (κ1) is 15.4. The Bertz CT molecular complexity index is 593. The molecule has 0 bridgehead atoms. The molecule has 0 saturated carbocycles. The number of nitrogens with zero attached hydrogens (tertiary/aromatic N) is 4. The molecule has 0 fully saturated rings. The van der Waals surface area contributed by atoms with Crippen LogP contribution in [0.25, 0.3) is 11.4 Å². The van der Waals surface area contributed by atoms with Crippen molar-refractivity contribution in [3.8, 4) is 11.4 Å². The van der Waals surface area contributed by atoms with Gasteiger partial charge in [-0.15, -0.1) is 5.10 Å². The number of hydrogen-bond acceptors (Lipinski definition) is 5. The molecule has 0 aliphatic rings. The average Bonchev–Trinajstić information content (AvgIpc) is 2.91. The summed E-state index contributed by atoms with van der Waals surface area (Å²) in [6.07, 6.45) is 0. The minimum absolute atomic E-state index is 0.0786. The number of aromatic nitrogens is 4. The molecule has 0 saturated heterocycles. The van der Waals surface area contributed by atoms with Crippen LogP contribution in [0.1, 0.15) is 32.4 Å². The second kappa shape index (κ2) is 6.67. The second-order valence-electron chi connectivity index (χ2n) is 5.45. The summed E-state index contributed by atoms with van der Waals surface area (Å²) in [5, 5.41) is 12.2.